The molecule has 1 aliphatic heterocycles. The lowest BCUT2D eigenvalue weighted by molar-refractivity contribution is -0.120. The first-order valence-electron chi connectivity index (χ1n) is 10.3. The molecule has 1 unspecified atom stereocenters. The molecule has 3 aromatic rings. The van der Waals surface area contributed by atoms with Crippen molar-refractivity contribution < 1.29 is 9.59 Å². The van der Waals surface area contributed by atoms with Crippen LogP contribution in [0.2, 0.25) is 0 Å². The maximum atomic E-state index is 13.5. The number of carbonyl (C=O) groups is 2. The van der Waals surface area contributed by atoms with Crippen LogP contribution in [0, 0.1) is 0 Å². The molecule has 1 heterocycles. The maximum Gasteiger partial charge on any atom is 0.253 e. The second kappa shape index (κ2) is 8.48. The normalized spacial score (nSPS) is 18.1. The fraction of sp³-hybridized carbons (Fsp3) is 0.154. The van der Waals surface area contributed by atoms with Crippen LogP contribution in [0.15, 0.2) is 102 Å². The first-order valence-corrected chi connectivity index (χ1v) is 10.3. The van der Waals surface area contributed by atoms with Crippen LogP contribution in [0.1, 0.15) is 20.3 Å². The minimum atomic E-state index is -0.954. The van der Waals surface area contributed by atoms with Gasteiger partial charge in [0.2, 0.25) is 0 Å². The zero-order chi connectivity index (χ0) is 21.8. The van der Waals surface area contributed by atoms with E-state index in [0.717, 1.165) is 22.8 Å². The van der Waals surface area contributed by atoms with Crippen molar-refractivity contribution in [3.8, 4) is 0 Å². The highest BCUT2D eigenvalue weighted by molar-refractivity contribution is 6.09. The number of allylic oxidation sites excluding steroid dienone is 1. The molecule has 0 saturated carbocycles. The highest BCUT2D eigenvalue weighted by Gasteiger charge is 2.48. The van der Waals surface area contributed by atoms with E-state index >= 15 is 0 Å². The summed E-state index contributed by atoms with van der Waals surface area (Å²) < 4.78 is 0. The van der Waals surface area contributed by atoms with Gasteiger partial charge in [0, 0.05) is 34.8 Å². The minimum Gasteiger partial charge on any atom is -0.330 e. The van der Waals surface area contributed by atoms with Gasteiger partial charge in [0.1, 0.15) is 5.54 Å². The van der Waals surface area contributed by atoms with Crippen molar-refractivity contribution in [3.05, 3.63) is 102 Å². The Bertz CT molecular complexity index is 1110. The number of hydrogen-bond acceptors (Lipinski definition) is 3. The topological polar surface area (TPSA) is 61.4 Å². The number of carbonyl (C=O) groups excluding carboxylic acids is 2. The average molecular weight is 412 g/mol. The van der Waals surface area contributed by atoms with Crippen molar-refractivity contribution >= 4 is 28.9 Å². The molecule has 3 aromatic carbocycles. The predicted molar refractivity (Wildman–Crippen MR) is 125 cm³/mol. The lowest BCUT2D eigenvalue weighted by atomic mass is 9.93. The standard InChI is InChI=1S/C26H25N3O2/c1-19-23(24(30)27-20-12-6-3-7-13-20)18-26(2,29(19)22-16-10-5-11-17-22)25(31)28-21-14-8-4-9-15-21/h3-17H,18H2,1-2H3,(H,27,30)(H,28,31). The molecule has 0 saturated heterocycles. The van der Waals surface area contributed by atoms with E-state index in [1.807, 2.05) is 110 Å². The number of amides is 2. The van der Waals surface area contributed by atoms with Crippen LogP contribution in [-0.2, 0) is 9.59 Å². The van der Waals surface area contributed by atoms with Crippen molar-refractivity contribution in [2.45, 2.75) is 25.8 Å². The van der Waals surface area contributed by atoms with Crippen molar-refractivity contribution in [1.29, 1.82) is 0 Å². The van der Waals surface area contributed by atoms with Gasteiger partial charge in [-0.05, 0) is 50.2 Å². The summed E-state index contributed by atoms with van der Waals surface area (Å²) in [5, 5.41) is 5.97. The van der Waals surface area contributed by atoms with Gasteiger partial charge in [-0.1, -0.05) is 54.6 Å². The number of nitrogens with one attached hydrogen (secondary N) is 2. The highest BCUT2D eigenvalue weighted by Crippen LogP contribution is 2.42. The van der Waals surface area contributed by atoms with Crippen LogP contribution < -0.4 is 15.5 Å². The molecule has 0 bridgehead atoms. The largest absolute Gasteiger partial charge is 0.330 e. The summed E-state index contributed by atoms with van der Waals surface area (Å²) in [6.45, 7) is 3.78. The van der Waals surface area contributed by atoms with Crippen molar-refractivity contribution in [2.24, 2.45) is 0 Å². The quantitative estimate of drug-likeness (QED) is 0.606. The molecule has 156 valence electrons. The Morgan fingerprint density at radius 1 is 0.774 bits per heavy atom. The molecule has 1 aliphatic rings. The zero-order valence-electron chi connectivity index (χ0n) is 17.6. The fourth-order valence-corrected chi connectivity index (χ4v) is 4.05. The summed E-state index contributed by atoms with van der Waals surface area (Å²) in [6, 6.07) is 28.4. The van der Waals surface area contributed by atoms with E-state index in [0.29, 0.717) is 12.0 Å². The first kappa shape index (κ1) is 20.4. The summed E-state index contributed by atoms with van der Waals surface area (Å²) >= 11 is 0. The van der Waals surface area contributed by atoms with Gasteiger partial charge >= 0.3 is 0 Å². The fourth-order valence-electron chi connectivity index (χ4n) is 4.05. The summed E-state index contributed by atoms with van der Waals surface area (Å²) in [6.07, 6.45) is 0.297. The SMILES string of the molecule is CC1=C(C(=O)Nc2ccccc2)CC(C)(C(=O)Nc2ccccc2)N1c1ccccc1. The number of anilines is 3. The van der Waals surface area contributed by atoms with Crippen LogP contribution in [0.25, 0.3) is 0 Å². The molecule has 2 N–H and O–H groups in total. The zero-order valence-corrected chi connectivity index (χ0v) is 17.6. The lowest BCUT2D eigenvalue weighted by Crippen LogP contribution is -2.51. The van der Waals surface area contributed by atoms with Gasteiger partial charge in [0.15, 0.2) is 0 Å². The Hall–Kier alpha value is -3.86. The molecule has 0 spiro atoms. The molecule has 31 heavy (non-hydrogen) atoms. The van der Waals surface area contributed by atoms with E-state index in [4.69, 9.17) is 0 Å². The number of rotatable bonds is 5. The molecule has 0 aromatic heterocycles. The minimum absolute atomic E-state index is 0.163. The summed E-state index contributed by atoms with van der Waals surface area (Å²) in [4.78, 5) is 28.6. The van der Waals surface area contributed by atoms with E-state index in [-0.39, 0.29) is 11.8 Å². The van der Waals surface area contributed by atoms with Gasteiger partial charge in [-0.25, -0.2) is 0 Å². The van der Waals surface area contributed by atoms with Crippen molar-refractivity contribution in [1.82, 2.24) is 0 Å². The summed E-state index contributed by atoms with van der Waals surface area (Å²) in [7, 11) is 0. The van der Waals surface area contributed by atoms with Gasteiger partial charge in [0.05, 0.1) is 0 Å². The third-order valence-corrected chi connectivity index (χ3v) is 5.63. The summed E-state index contributed by atoms with van der Waals surface area (Å²) in [5.41, 5.74) is 2.73. The molecule has 5 nitrogen and oxygen atoms in total. The number of nitrogens with zero attached hydrogens (tertiary/aromatic N) is 1. The highest BCUT2D eigenvalue weighted by atomic mass is 16.2. The van der Waals surface area contributed by atoms with Crippen LogP contribution >= 0.6 is 0 Å². The smallest absolute Gasteiger partial charge is 0.253 e. The molecular weight excluding hydrogens is 386 g/mol. The van der Waals surface area contributed by atoms with Gasteiger partial charge < -0.3 is 15.5 Å². The Labute approximate surface area is 182 Å². The van der Waals surface area contributed by atoms with Crippen LogP contribution in [0.4, 0.5) is 17.1 Å². The van der Waals surface area contributed by atoms with E-state index in [1.54, 1.807) is 0 Å². The van der Waals surface area contributed by atoms with E-state index in [9.17, 15) is 9.59 Å². The van der Waals surface area contributed by atoms with Crippen LogP contribution in [0.3, 0.4) is 0 Å². The Morgan fingerprint density at radius 2 is 1.26 bits per heavy atom. The maximum absolute atomic E-state index is 13.5. The molecule has 2 amide bonds. The van der Waals surface area contributed by atoms with Gasteiger partial charge in [-0.2, -0.15) is 0 Å². The van der Waals surface area contributed by atoms with E-state index in [1.165, 1.54) is 0 Å². The number of para-hydroxylation sites is 3. The second-order valence-corrected chi connectivity index (χ2v) is 7.83. The van der Waals surface area contributed by atoms with Gasteiger partial charge in [-0.3, -0.25) is 9.59 Å². The average Bonchev–Trinajstić information content (AvgIpc) is 3.07. The predicted octanol–water partition coefficient (Wildman–Crippen LogP) is 5.21. The molecule has 0 fully saturated rings. The van der Waals surface area contributed by atoms with Gasteiger partial charge in [0.25, 0.3) is 11.8 Å². The second-order valence-electron chi connectivity index (χ2n) is 7.83. The molecule has 4 rings (SSSR count). The molecule has 0 aliphatic carbocycles. The first-order chi connectivity index (χ1) is 15.0. The van der Waals surface area contributed by atoms with Crippen LogP contribution in [0.5, 0.6) is 0 Å². The van der Waals surface area contributed by atoms with E-state index in [2.05, 4.69) is 10.6 Å². The van der Waals surface area contributed by atoms with Gasteiger partial charge in [-0.15, -0.1) is 0 Å². The Morgan fingerprint density at radius 3 is 1.81 bits per heavy atom. The molecular formula is C26H25N3O2. The third-order valence-electron chi connectivity index (χ3n) is 5.63. The Balaban J connectivity index is 1.68. The number of benzene rings is 3. The van der Waals surface area contributed by atoms with E-state index < -0.39 is 5.54 Å². The number of hydrogen-bond donors (Lipinski definition) is 2. The summed E-state index contributed by atoms with van der Waals surface area (Å²) in [5.74, 6) is -0.356. The Kier molecular flexibility index (Phi) is 5.58. The molecule has 0 radical (unpaired) electrons. The van der Waals surface area contributed by atoms with Crippen LogP contribution in [-0.4, -0.2) is 17.4 Å². The monoisotopic (exact) mass is 411 g/mol. The molecule has 1 atom stereocenters. The molecule has 5 heteroatoms. The van der Waals surface area contributed by atoms with Crippen molar-refractivity contribution in [2.75, 3.05) is 15.5 Å². The third kappa shape index (κ3) is 4.08. The van der Waals surface area contributed by atoms with Crippen molar-refractivity contribution in [3.63, 3.8) is 0 Å². The lowest BCUT2D eigenvalue weighted by Gasteiger charge is -2.37.